The number of urea groups is 1. The van der Waals surface area contributed by atoms with Crippen LogP contribution in [0.1, 0.15) is 17.5 Å². The number of amides is 3. The lowest BCUT2D eigenvalue weighted by Gasteiger charge is -2.10. The van der Waals surface area contributed by atoms with Gasteiger partial charge in [-0.15, -0.1) is 5.10 Å². The minimum absolute atomic E-state index is 0.0468. The number of nitrogens with zero attached hydrogens (tertiary/aromatic N) is 2. The van der Waals surface area contributed by atoms with Crippen molar-refractivity contribution in [3.05, 3.63) is 39.8 Å². The summed E-state index contributed by atoms with van der Waals surface area (Å²) in [7, 11) is 1.58. The van der Waals surface area contributed by atoms with Crippen LogP contribution in [0.2, 0.25) is 0 Å². The molecule has 0 saturated heterocycles. The lowest BCUT2D eigenvalue weighted by molar-refractivity contribution is -0.117. The summed E-state index contributed by atoms with van der Waals surface area (Å²) < 4.78 is 6.40. The topological polar surface area (TPSA) is 118 Å². The van der Waals surface area contributed by atoms with Gasteiger partial charge in [0.1, 0.15) is 0 Å². The smallest absolute Gasteiger partial charge is 0.343 e. The first kappa shape index (κ1) is 20.7. The molecule has 0 unspecified atom stereocenters. The number of carbonyl (C=O) groups is 2. The van der Waals surface area contributed by atoms with Crippen LogP contribution in [0, 0.1) is 13.8 Å². The van der Waals surface area contributed by atoms with Gasteiger partial charge in [-0.2, -0.15) is 0 Å². The molecule has 0 aliphatic heterocycles. The first-order valence-electron chi connectivity index (χ1n) is 8.35. The summed E-state index contributed by atoms with van der Waals surface area (Å²) in [4.78, 5) is 35.7. The first-order valence-corrected chi connectivity index (χ1v) is 9.34. The fourth-order valence-electron chi connectivity index (χ4n) is 2.38. The van der Waals surface area contributed by atoms with E-state index in [0.717, 1.165) is 22.9 Å². The fraction of sp³-hybridized carbons (Fsp3) is 0.412. The van der Waals surface area contributed by atoms with Gasteiger partial charge in [-0.1, -0.05) is 29.5 Å². The van der Waals surface area contributed by atoms with Crippen molar-refractivity contribution in [1.29, 1.82) is 0 Å². The van der Waals surface area contributed by atoms with Crippen molar-refractivity contribution in [2.24, 2.45) is 0 Å². The Kier molecular flexibility index (Phi) is 7.62. The van der Waals surface area contributed by atoms with Crippen molar-refractivity contribution >= 4 is 29.4 Å². The maximum atomic E-state index is 12.0. The van der Waals surface area contributed by atoms with E-state index in [1.54, 1.807) is 13.2 Å². The van der Waals surface area contributed by atoms with Crippen LogP contribution >= 0.6 is 11.8 Å². The van der Waals surface area contributed by atoms with Gasteiger partial charge in [0.25, 0.3) is 0 Å². The molecule has 0 aliphatic carbocycles. The minimum Gasteiger partial charge on any atom is -0.385 e. The molecule has 10 heteroatoms. The molecule has 0 fully saturated rings. The number of aryl methyl sites for hydroxylation is 2. The van der Waals surface area contributed by atoms with Crippen LogP contribution < -0.4 is 16.3 Å². The van der Waals surface area contributed by atoms with Gasteiger partial charge in [-0.25, -0.2) is 14.7 Å². The molecule has 0 spiro atoms. The van der Waals surface area contributed by atoms with Crippen LogP contribution in [0.4, 0.5) is 10.5 Å². The second-order valence-corrected chi connectivity index (χ2v) is 6.86. The predicted molar refractivity (Wildman–Crippen MR) is 103 cm³/mol. The van der Waals surface area contributed by atoms with Crippen LogP contribution in [0.25, 0.3) is 0 Å². The SMILES string of the molecule is COCCCn1c(SCC(=O)NC(=O)Nc2ccc(C)cc2C)n[nH]c1=O. The molecule has 0 atom stereocenters. The van der Waals surface area contributed by atoms with Gasteiger partial charge in [0.2, 0.25) is 5.91 Å². The number of anilines is 1. The summed E-state index contributed by atoms with van der Waals surface area (Å²) in [5, 5.41) is 11.6. The highest BCUT2D eigenvalue weighted by Gasteiger charge is 2.13. The monoisotopic (exact) mass is 393 g/mol. The molecule has 27 heavy (non-hydrogen) atoms. The highest BCUT2D eigenvalue weighted by atomic mass is 32.2. The third-order valence-electron chi connectivity index (χ3n) is 3.67. The number of aromatic nitrogens is 3. The molecule has 0 bridgehead atoms. The van der Waals surface area contributed by atoms with Crippen molar-refractivity contribution < 1.29 is 14.3 Å². The zero-order valence-electron chi connectivity index (χ0n) is 15.5. The van der Waals surface area contributed by atoms with Crippen molar-refractivity contribution in [2.75, 3.05) is 24.8 Å². The van der Waals surface area contributed by atoms with Gasteiger partial charge in [-0.3, -0.25) is 14.7 Å². The van der Waals surface area contributed by atoms with E-state index in [-0.39, 0.29) is 11.4 Å². The van der Waals surface area contributed by atoms with E-state index in [0.29, 0.717) is 30.4 Å². The Morgan fingerprint density at radius 1 is 1.33 bits per heavy atom. The lowest BCUT2D eigenvalue weighted by Crippen LogP contribution is -2.35. The summed E-state index contributed by atoms with van der Waals surface area (Å²) in [5.41, 5.74) is 2.28. The number of nitrogens with one attached hydrogen (secondary N) is 3. The number of carbonyl (C=O) groups excluding carboxylic acids is 2. The number of hydrogen-bond acceptors (Lipinski definition) is 6. The van der Waals surface area contributed by atoms with E-state index in [1.807, 2.05) is 26.0 Å². The number of methoxy groups -OCH3 is 1. The van der Waals surface area contributed by atoms with E-state index >= 15 is 0 Å². The molecule has 1 aromatic heterocycles. The predicted octanol–water partition coefficient (Wildman–Crippen LogP) is 1.67. The number of ether oxygens (including phenoxy) is 1. The number of thioether (sulfide) groups is 1. The third-order valence-corrected chi connectivity index (χ3v) is 4.65. The summed E-state index contributed by atoms with van der Waals surface area (Å²) in [6.07, 6.45) is 0.647. The van der Waals surface area contributed by atoms with Gasteiger partial charge in [0.15, 0.2) is 5.16 Å². The molecule has 0 radical (unpaired) electrons. The van der Waals surface area contributed by atoms with Crippen LogP contribution in [0.15, 0.2) is 28.2 Å². The van der Waals surface area contributed by atoms with Gasteiger partial charge in [0, 0.05) is 25.9 Å². The Balaban J connectivity index is 1.85. The molecule has 2 rings (SSSR count). The molecule has 9 nitrogen and oxygen atoms in total. The van der Waals surface area contributed by atoms with E-state index in [4.69, 9.17) is 4.74 Å². The Labute approximate surface area is 160 Å². The molecule has 0 aliphatic rings. The first-order chi connectivity index (χ1) is 12.9. The van der Waals surface area contributed by atoms with E-state index in [1.165, 1.54) is 4.57 Å². The molecule has 146 valence electrons. The number of benzene rings is 1. The molecular weight excluding hydrogens is 370 g/mol. The van der Waals surface area contributed by atoms with Crippen molar-refractivity contribution in [3.8, 4) is 0 Å². The normalized spacial score (nSPS) is 10.6. The Morgan fingerprint density at radius 2 is 2.11 bits per heavy atom. The summed E-state index contributed by atoms with van der Waals surface area (Å²) in [6.45, 7) is 4.78. The molecule has 1 aromatic carbocycles. The highest BCUT2D eigenvalue weighted by molar-refractivity contribution is 7.99. The van der Waals surface area contributed by atoms with Crippen molar-refractivity contribution in [2.45, 2.75) is 32.0 Å². The maximum absolute atomic E-state index is 12.0. The molecule has 0 saturated carbocycles. The largest absolute Gasteiger partial charge is 0.385 e. The second-order valence-electron chi connectivity index (χ2n) is 5.92. The zero-order chi connectivity index (χ0) is 19.8. The van der Waals surface area contributed by atoms with E-state index in [9.17, 15) is 14.4 Å². The van der Waals surface area contributed by atoms with E-state index in [2.05, 4.69) is 20.8 Å². The number of aromatic amines is 1. The minimum atomic E-state index is -0.605. The van der Waals surface area contributed by atoms with Crippen molar-refractivity contribution in [1.82, 2.24) is 20.1 Å². The highest BCUT2D eigenvalue weighted by Crippen LogP contribution is 2.16. The Bertz CT molecular complexity index is 861. The van der Waals surface area contributed by atoms with Crippen LogP contribution in [-0.2, 0) is 16.1 Å². The van der Waals surface area contributed by atoms with Crippen LogP contribution in [-0.4, -0.2) is 46.2 Å². The van der Waals surface area contributed by atoms with Gasteiger partial charge in [-0.05, 0) is 31.9 Å². The molecule has 2 aromatic rings. The molecular formula is C17H23N5O4S. The van der Waals surface area contributed by atoms with Crippen LogP contribution in [0.3, 0.4) is 0 Å². The number of imide groups is 1. The molecule has 3 N–H and O–H groups in total. The summed E-state index contributed by atoms with van der Waals surface area (Å²) in [6, 6.07) is 4.99. The quantitative estimate of drug-likeness (QED) is 0.464. The fourth-order valence-corrected chi connectivity index (χ4v) is 3.15. The Hall–Kier alpha value is -2.59. The van der Waals surface area contributed by atoms with Crippen LogP contribution in [0.5, 0.6) is 0 Å². The van der Waals surface area contributed by atoms with Gasteiger partial charge >= 0.3 is 11.7 Å². The second kappa shape index (κ2) is 9.93. The van der Waals surface area contributed by atoms with Crippen molar-refractivity contribution in [3.63, 3.8) is 0 Å². The zero-order valence-corrected chi connectivity index (χ0v) is 16.3. The molecule has 3 amide bonds. The van der Waals surface area contributed by atoms with Gasteiger partial charge < -0.3 is 10.1 Å². The third kappa shape index (κ3) is 6.26. The number of rotatable bonds is 8. The van der Waals surface area contributed by atoms with Gasteiger partial charge in [0.05, 0.1) is 5.75 Å². The number of H-pyrrole nitrogens is 1. The lowest BCUT2D eigenvalue weighted by atomic mass is 10.1. The Morgan fingerprint density at radius 3 is 2.81 bits per heavy atom. The summed E-state index contributed by atoms with van der Waals surface area (Å²) >= 11 is 1.08. The molecule has 1 heterocycles. The average molecular weight is 393 g/mol. The van der Waals surface area contributed by atoms with E-state index < -0.39 is 11.9 Å². The average Bonchev–Trinajstić information content (AvgIpc) is 2.96. The summed E-state index contributed by atoms with van der Waals surface area (Å²) in [5.74, 6) is -0.532. The standard InChI is InChI=1S/C17H23N5O4S/c1-11-5-6-13(12(2)9-11)18-15(24)19-14(23)10-27-17-21-20-16(25)22(17)7-4-8-26-3/h5-6,9H,4,7-8,10H2,1-3H3,(H,20,25)(H2,18,19,23,24). The maximum Gasteiger partial charge on any atom is 0.343 e. The number of hydrogen-bond donors (Lipinski definition) is 3.